The topological polar surface area (TPSA) is 38.3 Å². The molecule has 0 amide bonds. The van der Waals surface area contributed by atoms with E-state index in [1.54, 1.807) is 0 Å². The van der Waals surface area contributed by atoms with E-state index in [0.29, 0.717) is 11.6 Å². The van der Waals surface area contributed by atoms with E-state index in [1.807, 2.05) is 24.3 Å². The molecule has 3 aromatic rings. The van der Waals surface area contributed by atoms with Gasteiger partial charge in [-0.3, -0.25) is 0 Å². The molecule has 1 aliphatic rings. The Balaban J connectivity index is 1.54. The number of hydrogen-bond donors (Lipinski definition) is 1. The lowest BCUT2D eigenvalue weighted by Crippen LogP contribution is -2.35. The maximum Gasteiger partial charge on any atom is 0.338 e. The highest BCUT2D eigenvalue weighted by Gasteiger charge is 2.19. The van der Waals surface area contributed by atoms with Crippen LogP contribution in [0.4, 0.5) is 0 Å². The normalized spacial score (nSPS) is 15.7. The van der Waals surface area contributed by atoms with Crippen molar-refractivity contribution in [2.24, 2.45) is 0 Å². The number of methoxy groups -OCH3 is 1. The largest absolute Gasteiger partial charge is 0.465 e. The Morgan fingerprint density at radius 2 is 1.79 bits per heavy atom. The molecule has 0 radical (unpaired) electrons. The first-order valence-electron chi connectivity index (χ1n) is 9.81. The molecular weight excluding hydrogens is 346 g/mol. The van der Waals surface area contributed by atoms with Crippen LogP contribution in [-0.2, 0) is 24.1 Å². The van der Waals surface area contributed by atoms with E-state index in [9.17, 15) is 4.79 Å². The molecule has 0 spiro atoms. The monoisotopic (exact) mass is 371 g/mol. The molecule has 1 unspecified atom stereocenters. The summed E-state index contributed by atoms with van der Waals surface area (Å²) >= 11 is 0. The predicted octanol–water partition coefficient (Wildman–Crippen LogP) is 4.79. The zero-order valence-corrected chi connectivity index (χ0v) is 16.2. The number of rotatable bonds is 5. The van der Waals surface area contributed by atoms with Gasteiger partial charge in [-0.25, -0.2) is 4.79 Å². The van der Waals surface area contributed by atoms with Crippen molar-refractivity contribution >= 4 is 5.97 Å². The molecular formula is C25H25NO2. The first-order valence-corrected chi connectivity index (χ1v) is 9.81. The van der Waals surface area contributed by atoms with Gasteiger partial charge in [-0.2, -0.15) is 0 Å². The van der Waals surface area contributed by atoms with Gasteiger partial charge in [0.2, 0.25) is 0 Å². The summed E-state index contributed by atoms with van der Waals surface area (Å²) in [4.78, 5) is 12.1. The highest BCUT2D eigenvalue weighted by Crippen LogP contribution is 2.29. The van der Waals surface area contributed by atoms with Gasteiger partial charge < -0.3 is 10.1 Å². The average molecular weight is 371 g/mol. The first-order chi connectivity index (χ1) is 13.7. The van der Waals surface area contributed by atoms with Crippen molar-refractivity contribution in [3.8, 4) is 11.1 Å². The van der Waals surface area contributed by atoms with Gasteiger partial charge in [0.15, 0.2) is 0 Å². The summed E-state index contributed by atoms with van der Waals surface area (Å²) in [6.45, 7) is 0.897. The molecule has 1 aliphatic heterocycles. The third-order valence-electron chi connectivity index (χ3n) is 5.52. The highest BCUT2D eigenvalue weighted by molar-refractivity contribution is 5.97. The lowest BCUT2D eigenvalue weighted by molar-refractivity contribution is 0.0601. The van der Waals surface area contributed by atoms with Gasteiger partial charge >= 0.3 is 5.97 Å². The van der Waals surface area contributed by atoms with Gasteiger partial charge in [0, 0.05) is 12.6 Å². The van der Waals surface area contributed by atoms with Crippen LogP contribution in [0.2, 0.25) is 0 Å². The van der Waals surface area contributed by atoms with Crippen molar-refractivity contribution < 1.29 is 9.53 Å². The third kappa shape index (κ3) is 4.00. The van der Waals surface area contributed by atoms with Gasteiger partial charge in [0.05, 0.1) is 12.7 Å². The first kappa shape index (κ1) is 18.5. The second-order valence-corrected chi connectivity index (χ2v) is 7.33. The lowest BCUT2D eigenvalue weighted by atomic mass is 9.89. The van der Waals surface area contributed by atoms with Gasteiger partial charge in [-0.1, -0.05) is 66.7 Å². The predicted molar refractivity (Wildman–Crippen MR) is 112 cm³/mol. The number of carbonyl (C=O) groups is 1. The molecule has 0 aliphatic carbocycles. The Bertz CT molecular complexity index is 965. The Kier molecular flexibility index (Phi) is 5.54. The van der Waals surface area contributed by atoms with Crippen molar-refractivity contribution in [3.05, 3.63) is 95.1 Å². The number of carbonyl (C=O) groups excluding carboxylic acids is 1. The molecule has 142 valence electrons. The van der Waals surface area contributed by atoms with Crippen LogP contribution >= 0.6 is 0 Å². The molecule has 0 fully saturated rings. The van der Waals surface area contributed by atoms with E-state index in [2.05, 4.69) is 53.8 Å². The molecule has 0 bridgehead atoms. The van der Waals surface area contributed by atoms with Gasteiger partial charge in [-0.15, -0.1) is 0 Å². The van der Waals surface area contributed by atoms with Crippen LogP contribution in [0, 0.1) is 0 Å². The summed E-state index contributed by atoms with van der Waals surface area (Å²) < 4.78 is 4.95. The Morgan fingerprint density at radius 3 is 2.61 bits per heavy atom. The molecule has 0 aromatic heterocycles. The Morgan fingerprint density at radius 1 is 1.00 bits per heavy atom. The van der Waals surface area contributed by atoms with Gasteiger partial charge in [0.1, 0.15) is 0 Å². The molecule has 3 nitrogen and oxygen atoms in total. The van der Waals surface area contributed by atoms with Crippen molar-refractivity contribution in [1.29, 1.82) is 0 Å². The van der Waals surface area contributed by atoms with Crippen LogP contribution < -0.4 is 5.32 Å². The molecule has 0 saturated carbocycles. The van der Waals surface area contributed by atoms with E-state index < -0.39 is 0 Å². The van der Waals surface area contributed by atoms with Crippen molar-refractivity contribution in [1.82, 2.24) is 5.32 Å². The summed E-state index contributed by atoms with van der Waals surface area (Å²) in [5.74, 6) is -0.296. The van der Waals surface area contributed by atoms with E-state index in [1.165, 1.54) is 23.8 Å². The summed E-state index contributed by atoms with van der Waals surface area (Å²) in [5.41, 5.74) is 6.71. The van der Waals surface area contributed by atoms with Crippen LogP contribution in [0.5, 0.6) is 0 Å². The van der Waals surface area contributed by atoms with Crippen LogP contribution in [0.25, 0.3) is 11.1 Å². The highest BCUT2D eigenvalue weighted by atomic mass is 16.5. The van der Waals surface area contributed by atoms with E-state index in [0.717, 1.165) is 36.9 Å². The van der Waals surface area contributed by atoms with Crippen molar-refractivity contribution in [2.45, 2.75) is 31.8 Å². The van der Waals surface area contributed by atoms with Gasteiger partial charge in [-0.05, 0) is 53.1 Å². The SMILES string of the molecule is COC(=O)c1ccccc1-c1ccc2c(c1)CC(CCc1ccccc1)NC2. The molecule has 3 aromatic carbocycles. The minimum Gasteiger partial charge on any atom is -0.465 e. The van der Waals surface area contributed by atoms with Crippen molar-refractivity contribution in [3.63, 3.8) is 0 Å². The molecule has 3 heteroatoms. The standard InChI is InChI=1S/C25H25NO2/c1-28-25(27)24-10-6-5-9-23(24)19-12-13-20-17-26-22(16-21(20)15-19)14-11-18-7-3-2-4-8-18/h2-10,12-13,15,22,26H,11,14,16-17H2,1H3. The number of nitrogens with one attached hydrogen (secondary N) is 1. The van der Waals surface area contributed by atoms with Crippen LogP contribution in [0.15, 0.2) is 72.8 Å². The van der Waals surface area contributed by atoms with Gasteiger partial charge in [0.25, 0.3) is 0 Å². The number of hydrogen-bond acceptors (Lipinski definition) is 3. The smallest absolute Gasteiger partial charge is 0.338 e. The fourth-order valence-corrected chi connectivity index (χ4v) is 3.96. The maximum absolute atomic E-state index is 12.1. The fraction of sp³-hybridized carbons (Fsp3) is 0.240. The fourth-order valence-electron chi connectivity index (χ4n) is 3.96. The summed E-state index contributed by atoms with van der Waals surface area (Å²) in [6.07, 6.45) is 3.21. The number of ether oxygens (including phenoxy) is 1. The molecule has 28 heavy (non-hydrogen) atoms. The Labute approximate surface area is 166 Å². The Hall–Kier alpha value is -2.91. The van der Waals surface area contributed by atoms with E-state index in [-0.39, 0.29) is 5.97 Å². The van der Waals surface area contributed by atoms with E-state index >= 15 is 0 Å². The third-order valence-corrected chi connectivity index (χ3v) is 5.52. The van der Waals surface area contributed by atoms with E-state index in [4.69, 9.17) is 4.74 Å². The summed E-state index contributed by atoms with van der Waals surface area (Å²) in [6, 6.07) is 25.3. The summed E-state index contributed by atoms with van der Waals surface area (Å²) in [7, 11) is 1.43. The minimum atomic E-state index is -0.296. The second-order valence-electron chi connectivity index (χ2n) is 7.33. The average Bonchev–Trinajstić information content (AvgIpc) is 2.77. The number of aryl methyl sites for hydroxylation is 1. The molecule has 1 heterocycles. The number of fused-ring (bicyclic) bond motifs is 1. The molecule has 1 N–H and O–H groups in total. The quantitative estimate of drug-likeness (QED) is 0.656. The minimum absolute atomic E-state index is 0.296. The lowest BCUT2D eigenvalue weighted by Gasteiger charge is -2.27. The number of benzene rings is 3. The maximum atomic E-state index is 12.1. The van der Waals surface area contributed by atoms with Crippen LogP contribution in [-0.4, -0.2) is 19.1 Å². The second kappa shape index (κ2) is 8.41. The van der Waals surface area contributed by atoms with Crippen molar-refractivity contribution in [2.75, 3.05) is 7.11 Å². The zero-order chi connectivity index (χ0) is 19.3. The summed E-state index contributed by atoms with van der Waals surface area (Å²) in [5, 5.41) is 3.67. The molecule has 1 atom stereocenters. The molecule has 4 rings (SSSR count). The van der Waals surface area contributed by atoms with Crippen LogP contribution in [0.3, 0.4) is 0 Å². The zero-order valence-electron chi connectivity index (χ0n) is 16.2. The van der Waals surface area contributed by atoms with Crippen LogP contribution in [0.1, 0.15) is 33.5 Å². The molecule has 0 saturated heterocycles. The number of esters is 1.